The van der Waals surface area contributed by atoms with Crippen molar-refractivity contribution in [3.8, 4) is 0 Å². The van der Waals surface area contributed by atoms with Crippen LogP contribution in [0.25, 0.3) is 0 Å². The van der Waals surface area contributed by atoms with E-state index in [1.165, 1.54) is 0 Å². The lowest BCUT2D eigenvalue weighted by Gasteiger charge is -2.35. The van der Waals surface area contributed by atoms with Crippen LogP contribution in [-0.2, 0) is 18.4 Å². The zero-order chi connectivity index (χ0) is 12.5. The summed E-state index contributed by atoms with van der Waals surface area (Å²) in [5.41, 5.74) is 0. The number of carbonyl (C=O) groups excluding carboxylic acids is 1. The predicted molar refractivity (Wildman–Crippen MR) is 65.0 cm³/mol. The van der Waals surface area contributed by atoms with Gasteiger partial charge in [-0.3, -0.25) is 4.57 Å². The summed E-state index contributed by atoms with van der Waals surface area (Å²) < 4.78 is 23.6. The number of aldehydes is 1. The fourth-order valence-electron chi connectivity index (χ4n) is 3.00. The molecular weight excluding hydrogens is 239 g/mol. The Kier molecular flexibility index (Phi) is 3.58. The van der Waals surface area contributed by atoms with Crippen molar-refractivity contribution in [3.63, 3.8) is 0 Å². The molecule has 1 saturated carbocycles. The molecule has 96 valence electrons. The summed E-state index contributed by atoms with van der Waals surface area (Å²) in [6.07, 6.45) is 6.40. The summed E-state index contributed by atoms with van der Waals surface area (Å²) in [5.74, 6) is 0.355. The van der Waals surface area contributed by atoms with Crippen molar-refractivity contribution in [3.05, 3.63) is 12.2 Å². The van der Waals surface area contributed by atoms with E-state index in [1.54, 1.807) is 13.8 Å². The first-order valence-corrected chi connectivity index (χ1v) is 7.70. The number of allylic oxidation sites excluding steroid dienone is 2. The van der Waals surface area contributed by atoms with Gasteiger partial charge in [0.15, 0.2) is 0 Å². The molecule has 0 aromatic rings. The number of carbonyl (C=O) groups is 1. The normalized spacial score (nSPS) is 35.4. The van der Waals surface area contributed by atoms with Crippen molar-refractivity contribution in [1.29, 1.82) is 0 Å². The van der Waals surface area contributed by atoms with Crippen LogP contribution < -0.4 is 0 Å². The molecule has 0 N–H and O–H groups in total. The number of rotatable bonds is 6. The van der Waals surface area contributed by atoms with Crippen molar-refractivity contribution in [1.82, 2.24) is 0 Å². The van der Waals surface area contributed by atoms with Crippen molar-refractivity contribution >= 4 is 13.9 Å². The summed E-state index contributed by atoms with van der Waals surface area (Å²) in [6, 6.07) is 0. The van der Waals surface area contributed by atoms with Gasteiger partial charge in [0.05, 0.1) is 13.2 Å². The molecule has 0 saturated heterocycles. The van der Waals surface area contributed by atoms with Gasteiger partial charge in [-0.2, -0.15) is 0 Å². The van der Waals surface area contributed by atoms with Crippen LogP contribution in [0.4, 0.5) is 0 Å². The Balaban J connectivity index is 2.36. The first-order valence-electron chi connectivity index (χ1n) is 6.15. The van der Waals surface area contributed by atoms with Gasteiger partial charge in [-0.15, -0.1) is 0 Å². The Morgan fingerprint density at radius 3 is 2.35 bits per heavy atom. The van der Waals surface area contributed by atoms with Crippen LogP contribution in [0.5, 0.6) is 0 Å². The van der Waals surface area contributed by atoms with E-state index in [0.717, 1.165) is 12.7 Å². The standard InChI is InChI=1S/C12H19O4P/c1-3-15-17(14,16-4-2)12(9-13)8-10-5-6-11(12)7-10/h5-6,9-11H,3-4,7-8H2,1-2H3/t10-,11+,12+/m0/s1. The third kappa shape index (κ3) is 1.83. The zero-order valence-corrected chi connectivity index (χ0v) is 11.2. The van der Waals surface area contributed by atoms with E-state index >= 15 is 0 Å². The summed E-state index contributed by atoms with van der Waals surface area (Å²) >= 11 is 0. The molecule has 0 aromatic carbocycles. The van der Waals surface area contributed by atoms with Crippen LogP contribution in [0.2, 0.25) is 0 Å². The van der Waals surface area contributed by atoms with Crippen LogP contribution in [0, 0.1) is 11.8 Å². The quantitative estimate of drug-likeness (QED) is 0.417. The molecule has 17 heavy (non-hydrogen) atoms. The molecule has 0 spiro atoms. The van der Waals surface area contributed by atoms with Gasteiger partial charge < -0.3 is 13.8 Å². The highest BCUT2D eigenvalue weighted by Gasteiger charge is 2.61. The lowest BCUT2D eigenvalue weighted by atomic mass is 9.94. The smallest absolute Gasteiger partial charge is 0.308 e. The summed E-state index contributed by atoms with van der Waals surface area (Å²) in [4.78, 5) is 11.5. The summed E-state index contributed by atoms with van der Waals surface area (Å²) in [5, 5.41) is -0.946. The Hall–Kier alpha value is -0.440. The highest BCUT2D eigenvalue weighted by molar-refractivity contribution is 7.56. The topological polar surface area (TPSA) is 52.6 Å². The molecule has 2 rings (SSSR count). The van der Waals surface area contributed by atoms with Crippen molar-refractivity contribution < 1.29 is 18.4 Å². The van der Waals surface area contributed by atoms with Crippen molar-refractivity contribution in [2.45, 2.75) is 31.8 Å². The van der Waals surface area contributed by atoms with Gasteiger partial charge in [0.25, 0.3) is 0 Å². The molecule has 0 radical (unpaired) electrons. The Bertz CT molecular complexity index is 369. The van der Waals surface area contributed by atoms with Crippen LogP contribution in [0.15, 0.2) is 12.2 Å². The van der Waals surface area contributed by atoms with E-state index in [0.29, 0.717) is 25.6 Å². The van der Waals surface area contributed by atoms with E-state index in [1.807, 2.05) is 6.08 Å². The third-order valence-electron chi connectivity index (χ3n) is 3.72. The second-order valence-electron chi connectivity index (χ2n) is 4.63. The maximum Gasteiger partial charge on any atom is 0.344 e. The van der Waals surface area contributed by atoms with Crippen LogP contribution in [0.1, 0.15) is 26.7 Å². The monoisotopic (exact) mass is 258 g/mol. The molecule has 0 aromatic heterocycles. The van der Waals surface area contributed by atoms with E-state index in [4.69, 9.17) is 9.05 Å². The molecule has 2 aliphatic rings. The average Bonchev–Trinajstić information content (AvgIpc) is 2.89. The summed E-state index contributed by atoms with van der Waals surface area (Å²) in [7, 11) is -3.36. The molecule has 0 aliphatic heterocycles. The van der Waals surface area contributed by atoms with E-state index in [-0.39, 0.29) is 5.92 Å². The second-order valence-corrected chi connectivity index (χ2v) is 6.98. The molecule has 3 atom stereocenters. The van der Waals surface area contributed by atoms with Gasteiger partial charge in [-0.25, -0.2) is 0 Å². The van der Waals surface area contributed by atoms with Gasteiger partial charge in [0.1, 0.15) is 11.4 Å². The number of hydrogen-bond donors (Lipinski definition) is 0. The maximum atomic E-state index is 12.8. The molecule has 2 bridgehead atoms. The molecule has 0 heterocycles. The first-order chi connectivity index (χ1) is 8.12. The van der Waals surface area contributed by atoms with Gasteiger partial charge in [0, 0.05) is 5.92 Å². The van der Waals surface area contributed by atoms with Gasteiger partial charge in [-0.1, -0.05) is 12.2 Å². The molecule has 5 heteroatoms. The fourth-order valence-corrected chi connectivity index (χ4v) is 5.42. The Morgan fingerprint density at radius 2 is 2.00 bits per heavy atom. The zero-order valence-electron chi connectivity index (χ0n) is 10.3. The van der Waals surface area contributed by atoms with Gasteiger partial charge in [-0.05, 0) is 32.6 Å². The molecule has 1 fully saturated rings. The molecular formula is C12H19O4P. The Morgan fingerprint density at radius 1 is 1.35 bits per heavy atom. The maximum absolute atomic E-state index is 12.8. The highest BCUT2D eigenvalue weighted by atomic mass is 31.2. The molecule has 2 aliphatic carbocycles. The number of hydrogen-bond acceptors (Lipinski definition) is 4. The fraction of sp³-hybridized carbons (Fsp3) is 0.750. The summed E-state index contributed by atoms with van der Waals surface area (Å²) in [6.45, 7) is 4.14. The minimum absolute atomic E-state index is 0.00827. The van der Waals surface area contributed by atoms with E-state index in [9.17, 15) is 9.36 Å². The van der Waals surface area contributed by atoms with E-state index in [2.05, 4.69) is 6.08 Å². The van der Waals surface area contributed by atoms with Crippen molar-refractivity contribution in [2.24, 2.45) is 11.8 Å². The van der Waals surface area contributed by atoms with Gasteiger partial charge in [0.2, 0.25) is 0 Å². The van der Waals surface area contributed by atoms with Gasteiger partial charge >= 0.3 is 7.60 Å². The lowest BCUT2D eigenvalue weighted by molar-refractivity contribution is -0.111. The minimum atomic E-state index is -3.36. The van der Waals surface area contributed by atoms with Crippen LogP contribution >= 0.6 is 7.60 Å². The highest BCUT2D eigenvalue weighted by Crippen LogP contribution is 2.69. The second kappa shape index (κ2) is 4.68. The molecule has 4 nitrogen and oxygen atoms in total. The lowest BCUT2D eigenvalue weighted by Crippen LogP contribution is -2.37. The van der Waals surface area contributed by atoms with E-state index < -0.39 is 12.8 Å². The first kappa shape index (κ1) is 13.0. The molecule has 0 unspecified atom stereocenters. The predicted octanol–water partition coefficient (Wildman–Crippen LogP) is 2.79. The third-order valence-corrected chi connectivity index (χ3v) is 6.55. The molecule has 0 amide bonds. The van der Waals surface area contributed by atoms with Crippen LogP contribution in [0.3, 0.4) is 0 Å². The Labute approximate surface area is 102 Å². The van der Waals surface area contributed by atoms with Crippen LogP contribution in [-0.4, -0.2) is 24.7 Å². The van der Waals surface area contributed by atoms with Crippen molar-refractivity contribution in [2.75, 3.05) is 13.2 Å². The minimum Gasteiger partial charge on any atom is -0.308 e. The largest absolute Gasteiger partial charge is 0.344 e. The number of fused-ring (bicyclic) bond motifs is 2. The average molecular weight is 258 g/mol. The SMILES string of the molecule is CCOP(=O)(OCC)[C@@]1(C=O)C[C@H]2C=C[C@@H]1C2.